The van der Waals surface area contributed by atoms with Gasteiger partial charge in [-0.2, -0.15) is 0 Å². The van der Waals surface area contributed by atoms with Crippen LogP contribution in [-0.4, -0.2) is 4.70 Å². The smallest absolute Gasteiger partial charge is 0.211 e. The summed E-state index contributed by atoms with van der Waals surface area (Å²) in [5, 5.41) is 0. The third-order valence-electron chi connectivity index (χ3n) is 7.23. The summed E-state index contributed by atoms with van der Waals surface area (Å²) in [6.07, 6.45) is 15.2. The minimum absolute atomic E-state index is 0.987. The molecule has 2 nitrogen and oxygen atoms in total. The second-order valence-corrected chi connectivity index (χ2v) is 10.1. The number of allylic oxidation sites excluding steroid dienone is 2. The van der Waals surface area contributed by atoms with Crippen molar-refractivity contribution in [2.75, 3.05) is 0 Å². The van der Waals surface area contributed by atoms with Crippen LogP contribution in [0.15, 0.2) is 59.7 Å². The maximum atomic E-state index is 11.6. The fourth-order valence-corrected chi connectivity index (χ4v) is 5.18. The van der Waals surface area contributed by atoms with Gasteiger partial charge in [0.05, 0.1) is 0 Å². The molecule has 1 heterocycles. The average Bonchev–Trinajstić information content (AvgIpc) is 3.15. The van der Waals surface area contributed by atoms with Crippen LogP contribution in [0.4, 0.5) is 0 Å². The van der Waals surface area contributed by atoms with Gasteiger partial charge in [-0.25, -0.2) is 4.70 Å². The maximum absolute atomic E-state index is 11.6. The van der Waals surface area contributed by atoms with E-state index in [2.05, 4.69) is 76.2 Å². The Bertz CT molecular complexity index is 1010. The molecule has 0 bridgehead atoms. The molecule has 0 aromatic heterocycles. The van der Waals surface area contributed by atoms with E-state index in [1.54, 1.807) is 0 Å². The van der Waals surface area contributed by atoms with Gasteiger partial charge in [0.1, 0.15) is 0 Å². The summed E-state index contributed by atoms with van der Waals surface area (Å²) in [5.74, 6) is 0. The van der Waals surface area contributed by atoms with Crippen molar-refractivity contribution in [1.29, 1.82) is 0 Å². The third-order valence-corrected chi connectivity index (χ3v) is 7.23. The summed E-state index contributed by atoms with van der Waals surface area (Å²) in [5.41, 5.74) is 21.3. The molecule has 0 aliphatic carbocycles. The molecule has 0 N–H and O–H groups in total. The van der Waals surface area contributed by atoms with Crippen LogP contribution in [-0.2, 0) is 12.8 Å². The largest absolute Gasteiger partial charge is 0.493 e. The predicted octanol–water partition coefficient (Wildman–Crippen LogP) is 10.3. The first-order chi connectivity index (χ1) is 17.1. The average molecular weight is 471 g/mol. The van der Waals surface area contributed by atoms with Gasteiger partial charge in [-0.3, -0.25) is 0 Å². The number of rotatable bonds is 15. The van der Waals surface area contributed by atoms with Gasteiger partial charge in [-0.05, 0) is 80.3 Å². The molecule has 0 fully saturated rings. The summed E-state index contributed by atoms with van der Waals surface area (Å²) in [4.78, 5) is 0. The van der Waals surface area contributed by atoms with Gasteiger partial charge >= 0.3 is 0 Å². The Morgan fingerprint density at radius 2 is 0.943 bits per heavy atom. The summed E-state index contributed by atoms with van der Waals surface area (Å²) in [6, 6.07) is 17.9. The molecule has 0 unspecified atom stereocenters. The highest BCUT2D eigenvalue weighted by atomic mass is 15.2. The van der Waals surface area contributed by atoms with E-state index >= 15 is 0 Å². The fourth-order valence-electron chi connectivity index (χ4n) is 5.18. The lowest BCUT2D eigenvalue weighted by molar-refractivity contribution is -0.345. The molecular weight excluding hydrogens is 424 g/mol. The van der Waals surface area contributed by atoms with Crippen molar-refractivity contribution in [3.63, 3.8) is 0 Å². The van der Waals surface area contributed by atoms with Gasteiger partial charge in [0.15, 0.2) is 0 Å². The number of hydrogen-bond donors (Lipinski definition) is 0. The van der Waals surface area contributed by atoms with Gasteiger partial charge < -0.3 is 5.53 Å². The normalized spacial score (nSPS) is 13.9. The third kappa shape index (κ3) is 7.03. The highest BCUT2D eigenvalue weighted by Crippen LogP contribution is 2.44. The Kier molecular flexibility index (Phi) is 11.0. The van der Waals surface area contributed by atoms with Crippen LogP contribution in [0.2, 0.25) is 0 Å². The van der Waals surface area contributed by atoms with E-state index < -0.39 is 0 Å². The lowest BCUT2D eigenvalue weighted by Gasteiger charge is -2.11. The zero-order chi connectivity index (χ0) is 25.0. The maximum Gasteiger partial charge on any atom is 0.211 e. The second-order valence-electron chi connectivity index (χ2n) is 10.1. The molecule has 2 aromatic carbocycles. The fraction of sp³-hybridized carbons (Fsp3) is 0.515. The van der Waals surface area contributed by atoms with Crippen LogP contribution in [0, 0.1) is 0 Å². The van der Waals surface area contributed by atoms with Gasteiger partial charge in [-0.1, -0.05) is 90.5 Å². The van der Waals surface area contributed by atoms with E-state index in [0.29, 0.717) is 0 Å². The summed E-state index contributed by atoms with van der Waals surface area (Å²) < 4.78 is 1.51. The molecular formula is C33H46N2. The zero-order valence-corrected chi connectivity index (χ0v) is 22.7. The summed E-state index contributed by atoms with van der Waals surface area (Å²) in [7, 11) is 0. The van der Waals surface area contributed by atoms with Gasteiger partial charge in [0, 0.05) is 22.3 Å². The molecule has 3 rings (SSSR count). The molecule has 0 saturated carbocycles. The molecule has 0 saturated heterocycles. The number of aryl methyl sites for hydroxylation is 2. The molecule has 1 aliphatic rings. The van der Waals surface area contributed by atoms with Crippen molar-refractivity contribution in [3.05, 3.63) is 87.5 Å². The van der Waals surface area contributed by atoms with Crippen LogP contribution >= 0.6 is 0 Å². The molecule has 1 aliphatic heterocycles. The van der Waals surface area contributed by atoms with Crippen molar-refractivity contribution in [2.24, 2.45) is 0 Å². The number of benzene rings is 2. The monoisotopic (exact) mass is 470 g/mol. The van der Waals surface area contributed by atoms with E-state index in [9.17, 15) is 5.53 Å². The number of nitrogens with zero attached hydrogens (tertiary/aromatic N) is 2. The van der Waals surface area contributed by atoms with E-state index in [1.807, 2.05) is 0 Å². The van der Waals surface area contributed by atoms with Gasteiger partial charge in [-0.15, -0.1) is 0 Å². The van der Waals surface area contributed by atoms with E-state index in [-0.39, 0.29) is 0 Å². The van der Waals surface area contributed by atoms with Crippen LogP contribution in [0.25, 0.3) is 16.9 Å². The minimum atomic E-state index is 0.987. The molecule has 0 radical (unpaired) electrons. The standard InChI is InChI=1S/C33H46N2/c1-5-9-12-13-16-27-20-24-28(25-21-27)32-30(14-8-4)31(17-11-7-3)33(35(32)34)29-22-18-26(19-23-29)15-10-6-2/h18-25H,5-17H2,1-4H3. The molecule has 0 atom stereocenters. The quantitative estimate of drug-likeness (QED) is 0.183. The molecule has 2 aromatic rings. The molecule has 0 amide bonds. The van der Waals surface area contributed by atoms with E-state index in [0.717, 1.165) is 67.5 Å². The summed E-state index contributed by atoms with van der Waals surface area (Å²) in [6.45, 7) is 8.99. The van der Waals surface area contributed by atoms with Crippen molar-refractivity contribution >= 4 is 11.4 Å². The van der Waals surface area contributed by atoms with Gasteiger partial charge in [0.2, 0.25) is 11.4 Å². The first kappa shape index (κ1) is 27.1. The van der Waals surface area contributed by atoms with Crippen LogP contribution in [0.3, 0.4) is 0 Å². The van der Waals surface area contributed by atoms with Crippen LogP contribution in [0.5, 0.6) is 0 Å². The number of unbranched alkanes of at least 4 members (excludes halogenated alkanes) is 5. The highest BCUT2D eigenvalue weighted by molar-refractivity contribution is 5.82. The number of hydrogen-bond acceptors (Lipinski definition) is 0. The highest BCUT2D eigenvalue weighted by Gasteiger charge is 2.34. The van der Waals surface area contributed by atoms with Crippen molar-refractivity contribution in [2.45, 2.75) is 111 Å². The Labute approximate surface area is 214 Å². The SMILES string of the molecule is CCCCCCc1ccc(C2=C(CCC)C(CCCC)=C(c3ccc(CCCC)cc3)[N+]2=[N-])cc1. The first-order valence-electron chi connectivity index (χ1n) is 14.3. The molecule has 2 heteroatoms. The van der Waals surface area contributed by atoms with Crippen molar-refractivity contribution in [3.8, 4) is 0 Å². The van der Waals surface area contributed by atoms with Crippen LogP contribution in [0.1, 0.15) is 121 Å². The first-order valence-corrected chi connectivity index (χ1v) is 14.3. The lowest BCUT2D eigenvalue weighted by atomic mass is 9.92. The van der Waals surface area contributed by atoms with Gasteiger partial charge in [0.25, 0.3) is 0 Å². The van der Waals surface area contributed by atoms with E-state index in [4.69, 9.17) is 0 Å². The molecule has 188 valence electrons. The molecule has 35 heavy (non-hydrogen) atoms. The zero-order valence-electron chi connectivity index (χ0n) is 22.7. The molecule has 0 spiro atoms. The summed E-state index contributed by atoms with van der Waals surface area (Å²) >= 11 is 0. The second kappa shape index (κ2) is 14.2. The van der Waals surface area contributed by atoms with Crippen LogP contribution < -0.4 is 0 Å². The van der Waals surface area contributed by atoms with Crippen molar-refractivity contribution in [1.82, 2.24) is 0 Å². The Morgan fingerprint density at radius 3 is 1.43 bits per heavy atom. The van der Waals surface area contributed by atoms with E-state index in [1.165, 1.54) is 65.5 Å². The topological polar surface area (TPSA) is 25.3 Å². The minimum Gasteiger partial charge on any atom is -0.493 e. The Balaban J connectivity index is 1.93. The Morgan fingerprint density at radius 1 is 0.486 bits per heavy atom. The Hall–Kier alpha value is -2.48. The van der Waals surface area contributed by atoms with Crippen molar-refractivity contribution < 1.29 is 4.70 Å². The predicted molar refractivity (Wildman–Crippen MR) is 151 cm³/mol. The lowest BCUT2D eigenvalue weighted by Crippen LogP contribution is -2.03.